The molecule has 3 nitrogen and oxygen atoms in total. The minimum absolute atomic E-state index is 0.143. The highest BCUT2D eigenvalue weighted by molar-refractivity contribution is 6.29. The van der Waals surface area contributed by atoms with E-state index in [1.54, 1.807) is 12.1 Å². The summed E-state index contributed by atoms with van der Waals surface area (Å²) < 4.78 is 0. The number of amides is 1. The number of benzene rings is 1. The molecule has 0 saturated heterocycles. The van der Waals surface area contributed by atoms with E-state index in [2.05, 4.69) is 23.3 Å². The van der Waals surface area contributed by atoms with E-state index in [0.29, 0.717) is 17.3 Å². The highest BCUT2D eigenvalue weighted by Crippen LogP contribution is 2.10. The topological polar surface area (TPSA) is 42.0 Å². The Balaban J connectivity index is 2.04. The van der Waals surface area contributed by atoms with E-state index in [9.17, 15) is 4.79 Å². The largest absolute Gasteiger partial charge is 0.348 e. The van der Waals surface area contributed by atoms with Crippen LogP contribution in [0, 0.1) is 0 Å². The van der Waals surface area contributed by atoms with Gasteiger partial charge in [-0.15, -0.1) is 0 Å². The molecular weight excluding hydrogens is 260 g/mol. The van der Waals surface area contributed by atoms with Crippen LogP contribution in [0.4, 0.5) is 0 Å². The normalized spacial score (nSPS) is 10.2. The first-order valence-corrected chi connectivity index (χ1v) is 6.55. The van der Waals surface area contributed by atoms with Crippen LogP contribution in [0.25, 0.3) is 0 Å². The second-order valence-electron chi connectivity index (χ2n) is 4.17. The van der Waals surface area contributed by atoms with Gasteiger partial charge in [0.15, 0.2) is 0 Å². The van der Waals surface area contributed by atoms with E-state index in [0.717, 1.165) is 12.0 Å². The average Bonchev–Trinajstić information content (AvgIpc) is 2.45. The highest BCUT2D eigenvalue weighted by Gasteiger charge is 2.07. The van der Waals surface area contributed by atoms with Gasteiger partial charge in [0.2, 0.25) is 0 Å². The van der Waals surface area contributed by atoms with Crippen LogP contribution in [0.1, 0.15) is 28.4 Å². The fraction of sp³-hybridized carbons (Fsp3) is 0.200. The summed E-state index contributed by atoms with van der Waals surface area (Å²) in [4.78, 5) is 15.8. The van der Waals surface area contributed by atoms with Gasteiger partial charge in [0.25, 0.3) is 5.91 Å². The van der Waals surface area contributed by atoms with Crippen molar-refractivity contribution in [2.45, 2.75) is 19.9 Å². The lowest BCUT2D eigenvalue weighted by molar-refractivity contribution is 0.0950. The lowest BCUT2D eigenvalue weighted by Crippen LogP contribution is -2.23. The molecule has 1 aromatic heterocycles. The fourth-order valence-electron chi connectivity index (χ4n) is 1.90. The van der Waals surface area contributed by atoms with E-state index in [-0.39, 0.29) is 5.91 Å². The maximum absolute atomic E-state index is 12.0. The molecule has 0 aliphatic rings. The monoisotopic (exact) mass is 274 g/mol. The van der Waals surface area contributed by atoms with Gasteiger partial charge in [-0.25, -0.2) is 4.98 Å². The van der Waals surface area contributed by atoms with Crippen molar-refractivity contribution in [3.63, 3.8) is 0 Å². The second kappa shape index (κ2) is 6.34. The Bertz CT molecular complexity index is 584. The van der Waals surface area contributed by atoms with Crippen molar-refractivity contribution in [3.05, 3.63) is 64.4 Å². The minimum Gasteiger partial charge on any atom is -0.348 e. The van der Waals surface area contributed by atoms with Gasteiger partial charge in [-0.3, -0.25) is 4.79 Å². The summed E-state index contributed by atoms with van der Waals surface area (Å²) in [6.45, 7) is 2.62. The van der Waals surface area contributed by atoms with Crippen molar-refractivity contribution in [1.29, 1.82) is 0 Å². The molecule has 1 heterocycles. The van der Waals surface area contributed by atoms with Gasteiger partial charge in [-0.05, 0) is 29.7 Å². The maximum atomic E-state index is 12.0. The van der Waals surface area contributed by atoms with E-state index >= 15 is 0 Å². The molecule has 2 aromatic rings. The van der Waals surface area contributed by atoms with Crippen molar-refractivity contribution < 1.29 is 4.79 Å². The average molecular weight is 275 g/mol. The molecule has 0 bridgehead atoms. The highest BCUT2D eigenvalue weighted by atomic mass is 35.5. The molecule has 0 atom stereocenters. The minimum atomic E-state index is -0.143. The molecule has 19 heavy (non-hydrogen) atoms. The molecule has 1 aromatic carbocycles. The molecule has 2 rings (SSSR count). The number of hydrogen-bond acceptors (Lipinski definition) is 2. The van der Waals surface area contributed by atoms with Crippen LogP contribution < -0.4 is 5.32 Å². The Kier molecular flexibility index (Phi) is 4.53. The van der Waals surface area contributed by atoms with Crippen molar-refractivity contribution in [1.82, 2.24) is 10.3 Å². The van der Waals surface area contributed by atoms with Crippen molar-refractivity contribution in [2.75, 3.05) is 0 Å². The first-order valence-electron chi connectivity index (χ1n) is 6.17. The van der Waals surface area contributed by atoms with Gasteiger partial charge in [0.05, 0.1) is 0 Å². The summed E-state index contributed by atoms with van der Waals surface area (Å²) >= 11 is 5.76. The molecule has 1 N–H and O–H groups in total. The smallest absolute Gasteiger partial charge is 0.251 e. The summed E-state index contributed by atoms with van der Waals surface area (Å²) in [6, 6.07) is 11.3. The number of pyridine rings is 1. The van der Waals surface area contributed by atoms with Crippen LogP contribution in [0.5, 0.6) is 0 Å². The number of nitrogens with zero attached hydrogens (tertiary/aromatic N) is 1. The van der Waals surface area contributed by atoms with Crippen LogP contribution in [-0.4, -0.2) is 10.9 Å². The summed E-state index contributed by atoms with van der Waals surface area (Å²) in [5, 5.41) is 3.21. The lowest BCUT2D eigenvalue weighted by Gasteiger charge is -2.09. The standard InChI is InChI=1S/C15H15ClN2O/c1-2-11-5-3-4-6-13(11)10-18-15(19)12-7-8-17-14(16)9-12/h3-9H,2,10H2,1H3,(H,18,19). The Labute approximate surface area is 117 Å². The molecule has 1 amide bonds. The first-order chi connectivity index (χ1) is 9.20. The third-order valence-corrected chi connectivity index (χ3v) is 3.13. The van der Waals surface area contributed by atoms with Crippen LogP contribution >= 0.6 is 11.6 Å². The fourth-order valence-corrected chi connectivity index (χ4v) is 2.07. The van der Waals surface area contributed by atoms with Gasteiger partial charge in [0, 0.05) is 18.3 Å². The molecule has 0 unspecified atom stereocenters. The Morgan fingerprint density at radius 1 is 1.26 bits per heavy atom. The van der Waals surface area contributed by atoms with Gasteiger partial charge in [-0.2, -0.15) is 0 Å². The lowest BCUT2D eigenvalue weighted by atomic mass is 10.1. The first kappa shape index (κ1) is 13.6. The number of aryl methyl sites for hydroxylation is 1. The molecule has 0 spiro atoms. The van der Waals surface area contributed by atoms with Crippen LogP contribution in [0.15, 0.2) is 42.6 Å². The molecule has 0 radical (unpaired) electrons. The number of rotatable bonds is 4. The predicted octanol–water partition coefficient (Wildman–Crippen LogP) is 3.23. The predicted molar refractivity (Wildman–Crippen MR) is 76.2 cm³/mol. The molecule has 0 fully saturated rings. The van der Waals surface area contributed by atoms with E-state index in [1.165, 1.54) is 11.8 Å². The summed E-state index contributed by atoms with van der Waals surface area (Å²) in [5.74, 6) is -0.143. The van der Waals surface area contributed by atoms with Gasteiger partial charge < -0.3 is 5.32 Å². The molecule has 0 aliphatic heterocycles. The Hall–Kier alpha value is -1.87. The zero-order valence-electron chi connectivity index (χ0n) is 10.7. The summed E-state index contributed by atoms with van der Waals surface area (Å²) in [7, 11) is 0. The number of hydrogen-bond donors (Lipinski definition) is 1. The van der Waals surface area contributed by atoms with E-state index in [1.807, 2.05) is 18.2 Å². The second-order valence-corrected chi connectivity index (χ2v) is 4.56. The quantitative estimate of drug-likeness (QED) is 0.870. The third-order valence-electron chi connectivity index (χ3n) is 2.93. The zero-order chi connectivity index (χ0) is 13.7. The number of aromatic nitrogens is 1. The number of carbonyl (C=O) groups is 1. The third kappa shape index (κ3) is 3.55. The SMILES string of the molecule is CCc1ccccc1CNC(=O)c1ccnc(Cl)c1. The van der Waals surface area contributed by atoms with E-state index < -0.39 is 0 Å². The van der Waals surface area contributed by atoms with Gasteiger partial charge in [-0.1, -0.05) is 42.8 Å². The molecule has 0 aliphatic carbocycles. The van der Waals surface area contributed by atoms with E-state index in [4.69, 9.17) is 11.6 Å². The molecule has 98 valence electrons. The molecular formula is C15H15ClN2O. The maximum Gasteiger partial charge on any atom is 0.251 e. The van der Waals surface area contributed by atoms with Crippen molar-refractivity contribution in [2.24, 2.45) is 0 Å². The number of halogens is 1. The number of carbonyl (C=O) groups excluding carboxylic acids is 1. The summed E-state index contributed by atoms with van der Waals surface area (Å²) in [6.07, 6.45) is 2.48. The van der Waals surface area contributed by atoms with Crippen LogP contribution in [-0.2, 0) is 13.0 Å². The van der Waals surface area contributed by atoms with Gasteiger partial charge >= 0.3 is 0 Å². The Morgan fingerprint density at radius 3 is 2.68 bits per heavy atom. The Morgan fingerprint density at radius 2 is 2.00 bits per heavy atom. The number of nitrogens with one attached hydrogen (secondary N) is 1. The zero-order valence-corrected chi connectivity index (χ0v) is 11.4. The van der Waals surface area contributed by atoms with Crippen LogP contribution in [0.3, 0.4) is 0 Å². The van der Waals surface area contributed by atoms with Crippen molar-refractivity contribution >= 4 is 17.5 Å². The summed E-state index contributed by atoms with van der Waals surface area (Å²) in [5.41, 5.74) is 2.91. The van der Waals surface area contributed by atoms with Gasteiger partial charge in [0.1, 0.15) is 5.15 Å². The van der Waals surface area contributed by atoms with Crippen LogP contribution in [0.2, 0.25) is 5.15 Å². The molecule has 0 saturated carbocycles. The van der Waals surface area contributed by atoms with Crippen molar-refractivity contribution in [3.8, 4) is 0 Å². The molecule has 4 heteroatoms.